The minimum Gasteiger partial charge on any atom is -0.307 e. The maximum atomic E-state index is 12.9. The lowest BCUT2D eigenvalue weighted by molar-refractivity contribution is 0.302. The van der Waals surface area contributed by atoms with Crippen LogP contribution in [0.5, 0.6) is 0 Å². The van der Waals surface area contributed by atoms with E-state index in [1.54, 1.807) is 23.4 Å². The monoisotopic (exact) mass is 420 g/mol. The zero-order valence-corrected chi connectivity index (χ0v) is 19.1. The van der Waals surface area contributed by atoms with Crippen LogP contribution in [0.3, 0.4) is 0 Å². The summed E-state index contributed by atoms with van der Waals surface area (Å²) in [5.41, 5.74) is 4.84. The number of nitrogens with zero attached hydrogens (tertiary/aromatic N) is 3. The third kappa shape index (κ3) is 7.76. The first-order chi connectivity index (χ1) is 13.8. The van der Waals surface area contributed by atoms with Crippen LogP contribution in [0.25, 0.3) is 0 Å². The average molecular weight is 421 g/mol. The highest BCUT2D eigenvalue weighted by molar-refractivity contribution is 7.93. The second kappa shape index (κ2) is 12.6. The molecule has 29 heavy (non-hydrogen) atoms. The molecule has 0 aromatic carbocycles. The second-order valence-electron chi connectivity index (χ2n) is 7.18. The van der Waals surface area contributed by atoms with E-state index in [0.29, 0.717) is 24.5 Å². The Labute approximate surface area is 177 Å². The van der Waals surface area contributed by atoms with Gasteiger partial charge in [-0.1, -0.05) is 43.9 Å². The summed E-state index contributed by atoms with van der Waals surface area (Å²) in [6.45, 7) is 12.8. The molecule has 162 valence electrons. The van der Waals surface area contributed by atoms with Crippen molar-refractivity contribution in [1.82, 2.24) is 14.6 Å². The first kappa shape index (κ1) is 25.1. The fourth-order valence-corrected chi connectivity index (χ4v) is 4.49. The van der Waals surface area contributed by atoms with Gasteiger partial charge in [0.15, 0.2) is 0 Å². The number of likely N-dealkylation sites (N-methyl/N-ethyl adjacent to an activating group) is 1. The number of sulfonamides is 1. The van der Waals surface area contributed by atoms with E-state index in [2.05, 4.69) is 47.8 Å². The molecule has 1 heterocycles. The molecule has 1 saturated heterocycles. The number of rotatable bonds is 12. The van der Waals surface area contributed by atoms with Crippen molar-refractivity contribution in [2.45, 2.75) is 39.2 Å². The first-order valence-electron chi connectivity index (χ1n) is 9.98. The predicted octanol–water partition coefficient (Wildman–Crippen LogP) is 3.46. The Kier molecular flexibility index (Phi) is 10.9. The van der Waals surface area contributed by atoms with Gasteiger partial charge in [-0.25, -0.2) is 8.42 Å². The maximum absolute atomic E-state index is 12.9. The highest BCUT2D eigenvalue weighted by Gasteiger charge is 2.32. The topological polar surface area (TPSA) is 65.0 Å². The summed E-state index contributed by atoms with van der Waals surface area (Å²) in [5, 5.41) is 3.58. The molecule has 0 radical (unpaired) electrons. The molecular formula is C22H36N4O2S. The molecular weight excluding hydrogens is 384 g/mol. The maximum Gasteiger partial charge on any atom is 0.238 e. The fourth-order valence-electron chi connectivity index (χ4n) is 3.13. The van der Waals surface area contributed by atoms with Crippen LogP contribution in [-0.4, -0.2) is 64.1 Å². The van der Waals surface area contributed by atoms with E-state index in [4.69, 9.17) is 0 Å². The minimum absolute atomic E-state index is 0.275. The van der Waals surface area contributed by atoms with Crippen molar-refractivity contribution in [2.24, 2.45) is 5.10 Å². The van der Waals surface area contributed by atoms with Crippen molar-refractivity contribution in [1.29, 1.82) is 0 Å². The Bertz CT molecular complexity index is 777. The zero-order valence-electron chi connectivity index (χ0n) is 18.3. The molecule has 0 aromatic rings. The predicted molar refractivity (Wildman–Crippen MR) is 124 cm³/mol. The molecule has 0 bridgehead atoms. The zero-order chi connectivity index (χ0) is 21.9. The van der Waals surface area contributed by atoms with Crippen LogP contribution in [0.4, 0.5) is 0 Å². The Morgan fingerprint density at radius 1 is 1.31 bits per heavy atom. The molecule has 6 nitrogen and oxygen atoms in total. The van der Waals surface area contributed by atoms with Gasteiger partial charge in [0, 0.05) is 25.8 Å². The Morgan fingerprint density at radius 2 is 2.03 bits per heavy atom. The van der Waals surface area contributed by atoms with Crippen LogP contribution in [-0.2, 0) is 10.0 Å². The van der Waals surface area contributed by atoms with Gasteiger partial charge in [0.1, 0.15) is 0 Å². The molecule has 7 heteroatoms. The summed E-state index contributed by atoms with van der Waals surface area (Å²) in [4.78, 5) is 2.44. The summed E-state index contributed by atoms with van der Waals surface area (Å²) in [6.07, 6.45) is 14.0. The van der Waals surface area contributed by atoms with Gasteiger partial charge in [-0.05, 0) is 57.5 Å². The van der Waals surface area contributed by atoms with Crippen molar-refractivity contribution in [2.75, 3.05) is 33.7 Å². The van der Waals surface area contributed by atoms with Crippen LogP contribution < -0.4 is 5.43 Å². The molecule has 0 amide bonds. The lowest BCUT2D eigenvalue weighted by atomic mass is 10.0. The largest absolute Gasteiger partial charge is 0.307 e. The molecule has 1 N–H and O–H groups in total. The van der Waals surface area contributed by atoms with Gasteiger partial charge in [0.25, 0.3) is 0 Å². The molecule has 1 fully saturated rings. The highest BCUT2D eigenvalue weighted by Crippen LogP contribution is 2.23. The van der Waals surface area contributed by atoms with Crippen molar-refractivity contribution in [3.63, 3.8) is 0 Å². The molecule has 0 aliphatic carbocycles. The standard InChI is InChI=1S/C22H36N4O2S/c1-7-20(12-10-9-11-16-24-23-4)21(8-2)14-13-19(3)29(27,28)26-17-15-22(18-26)25(5)6/h8-9,11-14,22,24H,2,4,7,10,15-18H2,1,3,5-6H3/b11-9-,19-13+,20-12+,21-14+. The summed E-state index contributed by atoms with van der Waals surface area (Å²) in [5.74, 6) is 0. The normalized spacial score (nSPS) is 19.9. The van der Waals surface area contributed by atoms with Crippen LogP contribution in [0.1, 0.15) is 33.1 Å². The SMILES string of the molecule is C=CC(=C\C=C(/C)S(=O)(=O)N1CCC(N(C)C)C1)/C(=C/C/C=C\CNN=C)CC. The third-order valence-corrected chi connectivity index (χ3v) is 7.02. The van der Waals surface area contributed by atoms with Gasteiger partial charge in [-0.2, -0.15) is 9.41 Å². The molecule has 1 rings (SSSR count). The molecule has 1 aliphatic rings. The minimum atomic E-state index is -3.43. The molecule has 0 spiro atoms. The summed E-state index contributed by atoms with van der Waals surface area (Å²) in [6, 6.07) is 0.275. The van der Waals surface area contributed by atoms with Crippen molar-refractivity contribution < 1.29 is 8.42 Å². The van der Waals surface area contributed by atoms with E-state index < -0.39 is 10.0 Å². The van der Waals surface area contributed by atoms with E-state index >= 15 is 0 Å². The Morgan fingerprint density at radius 3 is 2.59 bits per heavy atom. The Balaban J connectivity index is 2.90. The van der Waals surface area contributed by atoms with Crippen molar-refractivity contribution >= 4 is 16.7 Å². The summed E-state index contributed by atoms with van der Waals surface area (Å²) < 4.78 is 27.3. The quantitative estimate of drug-likeness (QED) is 0.173. The van der Waals surface area contributed by atoms with Crippen LogP contribution in [0, 0.1) is 0 Å². The summed E-state index contributed by atoms with van der Waals surface area (Å²) in [7, 11) is 0.545. The highest BCUT2D eigenvalue weighted by atomic mass is 32.2. The van der Waals surface area contributed by atoms with Crippen molar-refractivity contribution in [3.8, 4) is 0 Å². The molecule has 0 saturated carbocycles. The van der Waals surface area contributed by atoms with Crippen LogP contribution in [0.2, 0.25) is 0 Å². The number of allylic oxidation sites excluding steroid dienone is 8. The van der Waals surface area contributed by atoms with Crippen molar-refractivity contribution in [3.05, 3.63) is 59.1 Å². The smallest absolute Gasteiger partial charge is 0.238 e. The number of hydrogen-bond donors (Lipinski definition) is 1. The van der Waals surface area contributed by atoms with Gasteiger partial charge in [-0.15, -0.1) is 0 Å². The number of hydrogen-bond acceptors (Lipinski definition) is 5. The lowest BCUT2D eigenvalue weighted by Crippen LogP contribution is -2.34. The molecule has 1 atom stereocenters. The van der Waals surface area contributed by atoms with E-state index in [1.807, 2.05) is 26.2 Å². The van der Waals surface area contributed by atoms with Gasteiger partial charge < -0.3 is 10.3 Å². The van der Waals surface area contributed by atoms with Crippen LogP contribution >= 0.6 is 0 Å². The van der Waals surface area contributed by atoms with E-state index in [0.717, 1.165) is 30.4 Å². The lowest BCUT2D eigenvalue weighted by Gasteiger charge is -2.20. The van der Waals surface area contributed by atoms with Gasteiger partial charge in [0.05, 0.1) is 11.4 Å². The second-order valence-corrected chi connectivity index (χ2v) is 9.29. The average Bonchev–Trinajstić information content (AvgIpc) is 3.20. The third-order valence-electron chi connectivity index (χ3n) is 5.06. The Hall–Kier alpha value is -1.96. The van der Waals surface area contributed by atoms with Gasteiger partial charge >= 0.3 is 0 Å². The van der Waals surface area contributed by atoms with E-state index in [1.165, 1.54) is 0 Å². The number of nitrogens with one attached hydrogen (secondary N) is 1. The van der Waals surface area contributed by atoms with Gasteiger partial charge in [0.2, 0.25) is 10.0 Å². The molecule has 0 aromatic heterocycles. The van der Waals surface area contributed by atoms with Crippen LogP contribution in [0.15, 0.2) is 64.2 Å². The molecule has 1 unspecified atom stereocenters. The summed E-state index contributed by atoms with van der Waals surface area (Å²) >= 11 is 0. The number of hydrazone groups is 1. The molecule has 1 aliphatic heterocycles. The first-order valence-corrected chi connectivity index (χ1v) is 11.4. The van der Waals surface area contributed by atoms with Gasteiger partial charge in [-0.3, -0.25) is 0 Å². The fraction of sp³-hybridized carbons (Fsp3) is 0.500. The van der Waals surface area contributed by atoms with E-state index in [9.17, 15) is 8.42 Å². The van der Waals surface area contributed by atoms with E-state index in [-0.39, 0.29) is 6.04 Å².